The molecule has 1 aromatic heterocycles. The van der Waals surface area contributed by atoms with E-state index < -0.39 is 0 Å². The topological polar surface area (TPSA) is 68.8 Å². The van der Waals surface area contributed by atoms with E-state index in [2.05, 4.69) is 9.88 Å². The van der Waals surface area contributed by atoms with Crippen molar-refractivity contribution in [3.05, 3.63) is 36.0 Å². The zero-order chi connectivity index (χ0) is 18.5. The maximum atomic E-state index is 12.7. The molecule has 1 fully saturated rings. The average molecular weight is 359 g/mol. The molecule has 2 aromatic rings. The largest absolute Gasteiger partial charge is 0.392 e. The molecular weight excluding hydrogens is 330 g/mol. The fourth-order valence-electron chi connectivity index (χ4n) is 3.32. The van der Waals surface area contributed by atoms with Gasteiger partial charge in [0.1, 0.15) is 5.69 Å². The van der Waals surface area contributed by atoms with E-state index in [1.807, 2.05) is 49.1 Å². The maximum absolute atomic E-state index is 12.7. The Bertz CT molecular complexity index is 687. The highest BCUT2D eigenvalue weighted by molar-refractivity contribution is 5.98. The highest BCUT2D eigenvalue weighted by atomic mass is 16.5. The third kappa shape index (κ3) is 4.84. The lowest BCUT2D eigenvalue weighted by Crippen LogP contribution is -2.50. The van der Waals surface area contributed by atoms with Crippen LogP contribution in [0.1, 0.15) is 30.8 Å². The van der Waals surface area contributed by atoms with Crippen molar-refractivity contribution in [1.29, 1.82) is 0 Å². The van der Waals surface area contributed by atoms with Crippen LogP contribution in [0.15, 0.2) is 30.3 Å². The van der Waals surface area contributed by atoms with Crippen LogP contribution in [0.5, 0.6) is 0 Å². The number of nitrogens with one attached hydrogen (secondary N) is 1. The number of nitrogens with zero attached hydrogens (tertiary/aromatic N) is 2. The molecule has 0 saturated carbocycles. The lowest BCUT2D eigenvalue weighted by atomic mass is 10.2. The Hall–Kier alpha value is -1.89. The summed E-state index contributed by atoms with van der Waals surface area (Å²) >= 11 is 0. The van der Waals surface area contributed by atoms with Crippen LogP contribution >= 0.6 is 0 Å². The molecule has 1 aromatic carbocycles. The van der Waals surface area contributed by atoms with Crippen LogP contribution in [-0.2, 0) is 4.74 Å². The Kier molecular flexibility index (Phi) is 6.29. The van der Waals surface area contributed by atoms with Crippen molar-refractivity contribution >= 4 is 16.8 Å². The van der Waals surface area contributed by atoms with Gasteiger partial charge in [-0.05, 0) is 32.4 Å². The number of β-amino-alcohol motifs (C(OH)–C–C–N with tert-alkyl or cyclic N) is 1. The second-order valence-electron chi connectivity index (χ2n) is 7.23. The summed E-state index contributed by atoms with van der Waals surface area (Å²) in [4.78, 5) is 20.0. The summed E-state index contributed by atoms with van der Waals surface area (Å²) < 4.78 is 5.49. The highest BCUT2D eigenvalue weighted by Gasteiger charge is 2.24. The molecule has 26 heavy (non-hydrogen) atoms. The molecule has 1 aliphatic rings. The molecule has 1 unspecified atom stereocenters. The molecule has 2 N–H and O–H groups in total. The van der Waals surface area contributed by atoms with E-state index in [9.17, 15) is 9.90 Å². The second-order valence-corrected chi connectivity index (χ2v) is 7.23. The fourth-order valence-corrected chi connectivity index (χ4v) is 3.32. The third-order valence-electron chi connectivity index (χ3n) is 4.79. The van der Waals surface area contributed by atoms with Crippen LogP contribution in [0.3, 0.4) is 0 Å². The fraction of sp³-hybridized carbons (Fsp3) is 0.550. The van der Waals surface area contributed by atoms with Crippen LogP contribution in [0.25, 0.3) is 10.9 Å². The molecule has 6 heteroatoms. The van der Waals surface area contributed by atoms with Crippen LogP contribution in [0.2, 0.25) is 0 Å². The molecule has 0 spiro atoms. The van der Waals surface area contributed by atoms with Gasteiger partial charge in [0.05, 0.1) is 12.2 Å². The van der Waals surface area contributed by atoms with Crippen molar-refractivity contribution in [3.63, 3.8) is 0 Å². The van der Waals surface area contributed by atoms with Crippen LogP contribution in [-0.4, -0.2) is 77.3 Å². The number of hydrogen-bond donors (Lipinski definition) is 2. The first-order valence-electron chi connectivity index (χ1n) is 9.42. The van der Waals surface area contributed by atoms with Crippen molar-refractivity contribution in [1.82, 2.24) is 14.8 Å². The van der Waals surface area contributed by atoms with Gasteiger partial charge < -0.3 is 19.7 Å². The number of hydrogen-bond acceptors (Lipinski definition) is 4. The van der Waals surface area contributed by atoms with Gasteiger partial charge in [0, 0.05) is 50.2 Å². The summed E-state index contributed by atoms with van der Waals surface area (Å²) in [5.74, 6) is 0.0479. The minimum atomic E-state index is -0.385. The molecule has 1 aliphatic heterocycles. The monoisotopic (exact) mass is 359 g/mol. The van der Waals surface area contributed by atoms with E-state index in [4.69, 9.17) is 4.74 Å². The number of aromatic nitrogens is 1. The zero-order valence-electron chi connectivity index (χ0n) is 15.6. The Morgan fingerprint density at radius 1 is 1.23 bits per heavy atom. The summed E-state index contributed by atoms with van der Waals surface area (Å²) in [5.41, 5.74) is 1.63. The molecule has 0 aliphatic carbocycles. The van der Waals surface area contributed by atoms with Gasteiger partial charge in [0.2, 0.25) is 0 Å². The Morgan fingerprint density at radius 2 is 1.96 bits per heavy atom. The minimum Gasteiger partial charge on any atom is -0.392 e. The Balaban J connectivity index is 1.46. The van der Waals surface area contributed by atoms with Gasteiger partial charge in [0.25, 0.3) is 5.91 Å². The van der Waals surface area contributed by atoms with Gasteiger partial charge in [-0.1, -0.05) is 18.2 Å². The summed E-state index contributed by atoms with van der Waals surface area (Å²) in [6, 6.07) is 9.84. The molecule has 6 nitrogen and oxygen atoms in total. The molecule has 142 valence electrons. The van der Waals surface area contributed by atoms with Gasteiger partial charge in [-0.2, -0.15) is 0 Å². The number of amides is 1. The van der Waals surface area contributed by atoms with Crippen LogP contribution in [0.4, 0.5) is 0 Å². The van der Waals surface area contributed by atoms with Crippen molar-refractivity contribution in [2.75, 3.05) is 39.3 Å². The third-order valence-corrected chi connectivity index (χ3v) is 4.79. The number of aliphatic hydroxyl groups is 1. The molecule has 0 radical (unpaired) electrons. The number of piperazine rings is 1. The van der Waals surface area contributed by atoms with Gasteiger partial charge in [0.15, 0.2) is 0 Å². The predicted octanol–water partition coefficient (Wildman–Crippen LogP) is 2.10. The normalized spacial score (nSPS) is 17.2. The smallest absolute Gasteiger partial charge is 0.270 e. The van der Waals surface area contributed by atoms with Gasteiger partial charge >= 0.3 is 0 Å². The number of benzene rings is 1. The second kappa shape index (κ2) is 8.66. The number of ether oxygens (including phenoxy) is 1. The first-order chi connectivity index (χ1) is 12.5. The number of carbonyl (C=O) groups excluding carboxylic acids is 1. The zero-order valence-corrected chi connectivity index (χ0v) is 15.6. The average Bonchev–Trinajstić information content (AvgIpc) is 3.05. The summed E-state index contributed by atoms with van der Waals surface area (Å²) in [5, 5.41) is 11.2. The first kappa shape index (κ1) is 18.9. The van der Waals surface area contributed by atoms with Crippen LogP contribution < -0.4 is 0 Å². The molecular formula is C20H29N3O3. The highest BCUT2D eigenvalue weighted by Crippen LogP contribution is 2.17. The van der Waals surface area contributed by atoms with Gasteiger partial charge in [-0.25, -0.2) is 0 Å². The van der Waals surface area contributed by atoms with E-state index in [0.29, 0.717) is 38.4 Å². The van der Waals surface area contributed by atoms with E-state index >= 15 is 0 Å². The SMILES string of the molecule is CC(C)OCCC(O)CN1CCN(C(=O)c2cc3ccccc3[nH]2)CC1. The Morgan fingerprint density at radius 3 is 2.65 bits per heavy atom. The summed E-state index contributed by atoms with van der Waals surface area (Å²) in [6.07, 6.45) is 0.456. The number of para-hydroxylation sites is 1. The minimum absolute atomic E-state index is 0.0479. The molecule has 3 rings (SSSR count). The lowest BCUT2D eigenvalue weighted by Gasteiger charge is -2.35. The standard InChI is InChI=1S/C20H29N3O3/c1-15(2)26-12-7-17(24)14-22-8-10-23(11-9-22)20(25)19-13-16-5-3-4-6-18(16)21-19/h3-6,13,15,17,21,24H,7-12,14H2,1-2H3. The van der Waals surface area contributed by atoms with Gasteiger partial charge in [-0.3, -0.25) is 9.69 Å². The van der Waals surface area contributed by atoms with Crippen LogP contribution in [0, 0.1) is 0 Å². The van der Waals surface area contributed by atoms with E-state index in [1.54, 1.807) is 0 Å². The number of H-pyrrole nitrogens is 1. The van der Waals surface area contributed by atoms with Gasteiger partial charge in [-0.15, -0.1) is 0 Å². The van der Waals surface area contributed by atoms with E-state index in [-0.39, 0.29) is 18.1 Å². The van der Waals surface area contributed by atoms with Crippen molar-refractivity contribution in [3.8, 4) is 0 Å². The first-order valence-corrected chi connectivity index (χ1v) is 9.42. The number of aliphatic hydroxyl groups excluding tert-OH is 1. The Labute approximate surface area is 154 Å². The number of rotatable bonds is 7. The van der Waals surface area contributed by atoms with Crippen molar-refractivity contribution < 1.29 is 14.6 Å². The summed E-state index contributed by atoms with van der Waals surface area (Å²) in [7, 11) is 0. The number of fused-ring (bicyclic) bond motifs is 1. The maximum Gasteiger partial charge on any atom is 0.270 e. The quantitative estimate of drug-likeness (QED) is 0.794. The number of carbonyl (C=O) groups is 1. The molecule has 2 heterocycles. The molecule has 1 saturated heterocycles. The van der Waals surface area contributed by atoms with E-state index in [1.165, 1.54) is 0 Å². The van der Waals surface area contributed by atoms with Crippen molar-refractivity contribution in [2.24, 2.45) is 0 Å². The predicted molar refractivity (Wildman–Crippen MR) is 102 cm³/mol. The molecule has 1 atom stereocenters. The molecule has 1 amide bonds. The van der Waals surface area contributed by atoms with Crippen molar-refractivity contribution in [2.45, 2.75) is 32.5 Å². The molecule has 0 bridgehead atoms. The van der Waals surface area contributed by atoms with E-state index in [0.717, 1.165) is 24.0 Å². The lowest BCUT2D eigenvalue weighted by molar-refractivity contribution is 0.0255. The number of aromatic amines is 1. The summed E-state index contributed by atoms with van der Waals surface area (Å²) in [6.45, 7) is 8.15.